The van der Waals surface area contributed by atoms with Crippen LogP contribution in [0, 0.1) is 0 Å². The van der Waals surface area contributed by atoms with Crippen molar-refractivity contribution in [2.24, 2.45) is 7.05 Å². The molecule has 1 aromatic carbocycles. The fraction of sp³-hybridized carbons (Fsp3) is 0.259. The lowest BCUT2D eigenvalue weighted by Crippen LogP contribution is -2.33. The number of imidazole rings is 1. The Bertz CT molecular complexity index is 1390. The Labute approximate surface area is 225 Å². The summed E-state index contributed by atoms with van der Waals surface area (Å²) in [6.07, 6.45) is 9.17. The molecule has 1 unspecified atom stereocenters. The molecular formula is C27H26Cl2N6O2. The van der Waals surface area contributed by atoms with E-state index in [-0.39, 0.29) is 27.6 Å². The molecule has 0 bridgehead atoms. The van der Waals surface area contributed by atoms with Crippen LogP contribution < -0.4 is 10.1 Å². The van der Waals surface area contributed by atoms with Crippen molar-refractivity contribution < 1.29 is 9.53 Å². The topological polar surface area (TPSA) is 85.2 Å². The number of halogens is 2. The summed E-state index contributed by atoms with van der Waals surface area (Å²) >= 11 is 12.3. The largest absolute Gasteiger partial charge is 0.492 e. The summed E-state index contributed by atoms with van der Waals surface area (Å²) in [5.41, 5.74) is 4.38. The van der Waals surface area contributed by atoms with Gasteiger partial charge in [-0.1, -0.05) is 47.5 Å². The standard InChI is InChI=1S/C27H26Cl2N6O2/c1-34-17-31-12-20(34)16-35(23-7-9-37-24-6-3-8-32-26(23)24)15-19-5-2-4-18(10-19)11-33-27(36)25-21(28)13-30-14-22(25)29/h2-6,8,10,12-14,17,23H,7,9,11,15-16H2,1H3,(H,33,36). The van der Waals surface area contributed by atoms with E-state index in [0.717, 1.165) is 34.7 Å². The highest BCUT2D eigenvalue weighted by Crippen LogP contribution is 2.36. The number of rotatable bonds is 8. The van der Waals surface area contributed by atoms with Crippen molar-refractivity contribution in [2.75, 3.05) is 6.61 Å². The Kier molecular flexibility index (Phi) is 7.69. The molecule has 3 aromatic heterocycles. The predicted octanol–water partition coefficient (Wildman–Crippen LogP) is 4.97. The van der Waals surface area contributed by atoms with Crippen LogP contribution in [0.15, 0.2) is 67.5 Å². The van der Waals surface area contributed by atoms with E-state index in [1.807, 2.05) is 54.6 Å². The molecule has 1 atom stereocenters. The quantitative estimate of drug-likeness (QED) is 0.342. The second-order valence-corrected chi connectivity index (χ2v) is 9.74. The lowest BCUT2D eigenvalue weighted by Gasteiger charge is -2.35. The number of hydrogen-bond acceptors (Lipinski definition) is 6. The molecule has 1 aliphatic rings. The van der Waals surface area contributed by atoms with Crippen LogP contribution >= 0.6 is 23.2 Å². The summed E-state index contributed by atoms with van der Waals surface area (Å²) in [5, 5.41) is 3.35. The number of carbonyl (C=O) groups is 1. The highest BCUT2D eigenvalue weighted by molar-refractivity contribution is 6.39. The van der Waals surface area contributed by atoms with Gasteiger partial charge in [-0.05, 0) is 23.3 Å². The molecule has 4 heterocycles. The maximum atomic E-state index is 12.7. The van der Waals surface area contributed by atoms with E-state index < -0.39 is 0 Å². The Morgan fingerprint density at radius 1 is 1.11 bits per heavy atom. The highest BCUT2D eigenvalue weighted by atomic mass is 35.5. The van der Waals surface area contributed by atoms with Gasteiger partial charge in [-0.25, -0.2) is 4.98 Å². The monoisotopic (exact) mass is 536 g/mol. The third-order valence-electron chi connectivity index (χ3n) is 6.40. The summed E-state index contributed by atoms with van der Waals surface area (Å²) in [5.74, 6) is 0.490. The molecular weight excluding hydrogens is 511 g/mol. The highest BCUT2D eigenvalue weighted by Gasteiger charge is 2.29. The SMILES string of the molecule is Cn1cncc1CN(Cc1cccc(CNC(=O)c2c(Cl)cncc2Cl)c1)C1CCOc2cccnc21. The summed E-state index contributed by atoms with van der Waals surface area (Å²) in [6, 6.07) is 12.1. The number of pyridine rings is 2. The molecule has 0 radical (unpaired) electrons. The molecule has 0 aliphatic carbocycles. The van der Waals surface area contributed by atoms with Crippen LogP contribution in [0.5, 0.6) is 5.75 Å². The van der Waals surface area contributed by atoms with E-state index in [9.17, 15) is 4.79 Å². The van der Waals surface area contributed by atoms with Gasteiger partial charge in [0.25, 0.3) is 5.91 Å². The van der Waals surface area contributed by atoms with Gasteiger partial charge >= 0.3 is 0 Å². The van der Waals surface area contributed by atoms with Crippen molar-refractivity contribution in [1.82, 2.24) is 29.7 Å². The van der Waals surface area contributed by atoms with Gasteiger partial charge in [0, 0.05) is 57.9 Å². The van der Waals surface area contributed by atoms with E-state index in [1.165, 1.54) is 12.4 Å². The van der Waals surface area contributed by atoms with Gasteiger partial charge in [0.05, 0.1) is 46.0 Å². The van der Waals surface area contributed by atoms with Crippen LogP contribution in [-0.2, 0) is 26.7 Å². The number of carbonyl (C=O) groups excluding carboxylic acids is 1. The first-order valence-electron chi connectivity index (χ1n) is 11.9. The lowest BCUT2D eigenvalue weighted by atomic mass is 10.0. The number of aromatic nitrogens is 4. The molecule has 37 heavy (non-hydrogen) atoms. The van der Waals surface area contributed by atoms with E-state index in [1.54, 1.807) is 0 Å². The molecule has 0 saturated carbocycles. The van der Waals surface area contributed by atoms with Crippen LogP contribution in [-0.4, -0.2) is 36.9 Å². The summed E-state index contributed by atoms with van der Waals surface area (Å²) in [4.78, 5) is 28.0. The fourth-order valence-electron chi connectivity index (χ4n) is 4.54. The van der Waals surface area contributed by atoms with Crippen LogP contribution in [0.1, 0.15) is 45.3 Å². The Balaban J connectivity index is 1.35. The molecule has 1 N–H and O–H groups in total. The van der Waals surface area contributed by atoms with E-state index in [0.29, 0.717) is 26.2 Å². The first kappa shape index (κ1) is 25.2. The molecule has 190 valence electrons. The molecule has 0 spiro atoms. The van der Waals surface area contributed by atoms with Gasteiger partial charge in [0.15, 0.2) is 0 Å². The minimum Gasteiger partial charge on any atom is -0.492 e. The van der Waals surface area contributed by atoms with Crippen molar-refractivity contribution in [3.05, 3.63) is 106 Å². The zero-order chi connectivity index (χ0) is 25.8. The van der Waals surface area contributed by atoms with Crippen LogP contribution in [0.25, 0.3) is 0 Å². The van der Waals surface area contributed by atoms with Crippen molar-refractivity contribution in [3.63, 3.8) is 0 Å². The third-order valence-corrected chi connectivity index (χ3v) is 6.97. The zero-order valence-corrected chi connectivity index (χ0v) is 21.8. The van der Waals surface area contributed by atoms with Gasteiger partial charge < -0.3 is 14.6 Å². The summed E-state index contributed by atoms with van der Waals surface area (Å²) < 4.78 is 7.90. The van der Waals surface area contributed by atoms with Gasteiger partial charge in [-0.2, -0.15) is 0 Å². The second kappa shape index (κ2) is 11.3. The Hall–Kier alpha value is -3.46. The average molecular weight is 537 g/mol. The third kappa shape index (κ3) is 5.77. The van der Waals surface area contributed by atoms with Crippen molar-refractivity contribution in [3.8, 4) is 5.75 Å². The maximum absolute atomic E-state index is 12.7. The molecule has 1 amide bonds. The molecule has 5 rings (SSSR count). The minimum atomic E-state index is -0.342. The molecule has 8 nitrogen and oxygen atoms in total. The number of amides is 1. The van der Waals surface area contributed by atoms with Crippen LogP contribution in [0.3, 0.4) is 0 Å². The zero-order valence-electron chi connectivity index (χ0n) is 20.3. The molecule has 10 heteroatoms. The van der Waals surface area contributed by atoms with Crippen molar-refractivity contribution in [2.45, 2.75) is 32.1 Å². The Morgan fingerprint density at radius 3 is 2.70 bits per heavy atom. The van der Waals surface area contributed by atoms with E-state index in [4.69, 9.17) is 27.9 Å². The molecule has 1 aliphatic heterocycles. The van der Waals surface area contributed by atoms with Crippen LogP contribution in [0.4, 0.5) is 0 Å². The maximum Gasteiger partial charge on any atom is 0.254 e. The number of benzene rings is 1. The number of nitrogens with zero attached hydrogens (tertiary/aromatic N) is 5. The fourth-order valence-corrected chi connectivity index (χ4v) is 5.08. The molecule has 0 saturated heterocycles. The number of ether oxygens (including phenoxy) is 1. The average Bonchev–Trinajstić information content (AvgIpc) is 3.31. The van der Waals surface area contributed by atoms with E-state index in [2.05, 4.69) is 37.3 Å². The summed E-state index contributed by atoms with van der Waals surface area (Å²) in [6.45, 7) is 2.37. The summed E-state index contributed by atoms with van der Waals surface area (Å²) in [7, 11) is 2.00. The normalized spacial score (nSPS) is 14.8. The Morgan fingerprint density at radius 2 is 1.92 bits per heavy atom. The number of fused-ring (bicyclic) bond motifs is 1. The minimum absolute atomic E-state index is 0.0965. The van der Waals surface area contributed by atoms with Gasteiger partial charge in [0.2, 0.25) is 0 Å². The molecule has 0 fully saturated rings. The second-order valence-electron chi connectivity index (χ2n) is 8.92. The van der Waals surface area contributed by atoms with Crippen molar-refractivity contribution in [1.29, 1.82) is 0 Å². The number of nitrogens with one attached hydrogen (secondary N) is 1. The van der Waals surface area contributed by atoms with Gasteiger partial charge in [-0.15, -0.1) is 0 Å². The van der Waals surface area contributed by atoms with Crippen LogP contribution in [0.2, 0.25) is 10.0 Å². The lowest BCUT2D eigenvalue weighted by molar-refractivity contribution is 0.0951. The first-order chi connectivity index (χ1) is 18.0. The van der Waals surface area contributed by atoms with Gasteiger partial charge in [0.1, 0.15) is 5.75 Å². The number of hydrogen-bond donors (Lipinski definition) is 1. The van der Waals surface area contributed by atoms with Crippen molar-refractivity contribution >= 4 is 29.1 Å². The van der Waals surface area contributed by atoms with E-state index >= 15 is 0 Å². The first-order valence-corrected chi connectivity index (χ1v) is 12.7. The predicted molar refractivity (Wildman–Crippen MR) is 141 cm³/mol. The number of aryl methyl sites for hydroxylation is 1. The van der Waals surface area contributed by atoms with Gasteiger partial charge in [-0.3, -0.25) is 19.7 Å². The molecule has 4 aromatic rings. The smallest absolute Gasteiger partial charge is 0.254 e.